The van der Waals surface area contributed by atoms with E-state index in [0.29, 0.717) is 28.7 Å². The van der Waals surface area contributed by atoms with Crippen molar-refractivity contribution in [3.8, 4) is 23.1 Å². The molecular formula is C33H23N3O4. The van der Waals surface area contributed by atoms with E-state index in [4.69, 9.17) is 18.3 Å². The van der Waals surface area contributed by atoms with Gasteiger partial charge in [0.25, 0.3) is 0 Å². The average Bonchev–Trinajstić information content (AvgIpc) is 3.68. The van der Waals surface area contributed by atoms with Gasteiger partial charge in [0.2, 0.25) is 5.88 Å². The minimum atomic E-state index is 0.487. The third kappa shape index (κ3) is 3.71. The topological polar surface area (TPSA) is 64.1 Å². The van der Waals surface area contributed by atoms with Gasteiger partial charge in [-0.25, -0.2) is 4.98 Å². The van der Waals surface area contributed by atoms with Crippen molar-refractivity contribution in [1.29, 1.82) is 0 Å². The highest BCUT2D eigenvalue weighted by atomic mass is 16.5. The maximum atomic E-state index is 6.68. The molecule has 4 heterocycles. The standard InChI is InChI=1S/C33H23N3O4/c1-35-14-15-36(20-35)21-16-27(32-23-8-2-4-10-25(23)38-28(32)17-21)37-22-18-29-33(24-9-3-5-11-26(24)39-29)30(19-22)40-31-12-6-7-13-34-31/h2-19H,20H2,1H3. The Labute approximate surface area is 229 Å². The molecule has 0 atom stereocenters. The van der Waals surface area contributed by atoms with Crippen LogP contribution in [0.1, 0.15) is 0 Å². The summed E-state index contributed by atoms with van der Waals surface area (Å²) >= 11 is 0. The number of fused-ring (bicyclic) bond motifs is 6. The Kier molecular flexibility index (Phi) is 4.97. The second-order valence-corrected chi connectivity index (χ2v) is 9.85. The number of pyridine rings is 1. The normalized spacial score (nSPS) is 13.3. The molecule has 7 aromatic rings. The molecule has 0 aliphatic carbocycles. The predicted molar refractivity (Wildman–Crippen MR) is 156 cm³/mol. The molecule has 1 aliphatic rings. The number of furan rings is 2. The van der Waals surface area contributed by atoms with E-state index in [1.807, 2.05) is 92.2 Å². The molecule has 3 aromatic heterocycles. The quantitative estimate of drug-likeness (QED) is 0.223. The molecule has 0 radical (unpaired) electrons. The second kappa shape index (κ2) is 8.81. The van der Waals surface area contributed by atoms with E-state index in [9.17, 15) is 0 Å². The van der Waals surface area contributed by atoms with Crippen LogP contribution in [0.3, 0.4) is 0 Å². The Hall–Kier alpha value is -5.43. The van der Waals surface area contributed by atoms with Gasteiger partial charge in [0.1, 0.15) is 39.6 Å². The molecule has 0 saturated heterocycles. The highest BCUT2D eigenvalue weighted by Gasteiger charge is 2.21. The van der Waals surface area contributed by atoms with E-state index in [1.54, 1.807) is 6.20 Å². The Balaban J connectivity index is 1.31. The number of hydrogen-bond acceptors (Lipinski definition) is 7. The van der Waals surface area contributed by atoms with E-state index in [0.717, 1.165) is 50.7 Å². The van der Waals surface area contributed by atoms with Gasteiger partial charge in [-0.15, -0.1) is 0 Å². The first-order valence-electron chi connectivity index (χ1n) is 13.0. The van der Waals surface area contributed by atoms with Crippen molar-refractivity contribution in [3.05, 3.63) is 110 Å². The first-order chi connectivity index (χ1) is 19.7. The van der Waals surface area contributed by atoms with Crippen LogP contribution < -0.4 is 14.4 Å². The summed E-state index contributed by atoms with van der Waals surface area (Å²) in [4.78, 5) is 8.63. The Bertz CT molecular complexity index is 2080. The van der Waals surface area contributed by atoms with Crippen molar-refractivity contribution in [2.45, 2.75) is 0 Å². The molecule has 0 amide bonds. The molecule has 4 aromatic carbocycles. The maximum absolute atomic E-state index is 6.68. The van der Waals surface area contributed by atoms with Gasteiger partial charge in [0.05, 0.1) is 17.4 Å². The molecule has 0 bridgehead atoms. The highest BCUT2D eigenvalue weighted by molar-refractivity contribution is 6.10. The van der Waals surface area contributed by atoms with Crippen molar-refractivity contribution < 1.29 is 18.3 Å². The second-order valence-electron chi connectivity index (χ2n) is 9.85. The molecule has 40 heavy (non-hydrogen) atoms. The third-order valence-corrected chi connectivity index (χ3v) is 7.13. The minimum absolute atomic E-state index is 0.487. The molecule has 0 unspecified atom stereocenters. The van der Waals surface area contributed by atoms with Crippen LogP contribution in [0.25, 0.3) is 43.9 Å². The number of benzene rings is 4. The van der Waals surface area contributed by atoms with Gasteiger partial charge in [-0.1, -0.05) is 42.5 Å². The predicted octanol–water partition coefficient (Wildman–Crippen LogP) is 8.65. The SMILES string of the molecule is CN1C=CN(c2cc(Oc3cc(Oc4ccccn4)c4c(c3)oc3ccccc34)c3c(c2)oc2ccccc23)C1. The Morgan fingerprint density at radius 2 is 1.35 bits per heavy atom. The molecule has 7 heteroatoms. The third-order valence-electron chi connectivity index (χ3n) is 7.13. The first-order valence-corrected chi connectivity index (χ1v) is 13.0. The van der Waals surface area contributed by atoms with Gasteiger partial charge in [0.15, 0.2) is 0 Å². The van der Waals surface area contributed by atoms with Gasteiger partial charge >= 0.3 is 0 Å². The number of hydrogen-bond donors (Lipinski definition) is 0. The summed E-state index contributed by atoms with van der Waals surface area (Å²) in [6, 6.07) is 29.4. The lowest BCUT2D eigenvalue weighted by Crippen LogP contribution is -2.21. The highest BCUT2D eigenvalue weighted by Crippen LogP contribution is 2.44. The van der Waals surface area contributed by atoms with Crippen LogP contribution in [0.15, 0.2) is 118 Å². The smallest absolute Gasteiger partial charge is 0.219 e. The molecule has 0 saturated carbocycles. The Morgan fingerprint density at radius 1 is 0.675 bits per heavy atom. The number of rotatable bonds is 5. The van der Waals surface area contributed by atoms with E-state index in [-0.39, 0.29) is 0 Å². The van der Waals surface area contributed by atoms with Gasteiger partial charge < -0.3 is 28.1 Å². The lowest BCUT2D eigenvalue weighted by molar-refractivity contribution is 0.454. The molecular weight excluding hydrogens is 502 g/mol. The minimum Gasteiger partial charge on any atom is -0.456 e. The summed E-state index contributed by atoms with van der Waals surface area (Å²) in [7, 11) is 2.04. The number of anilines is 1. The zero-order chi connectivity index (χ0) is 26.6. The van der Waals surface area contributed by atoms with Gasteiger partial charge in [-0.2, -0.15) is 0 Å². The van der Waals surface area contributed by atoms with E-state index in [2.05, 4.69) is 33.0 Å². The van der Waals surface area contributed by atoms with Crippen molar-refractivity contribution in [3.63, 3.8) is 0 Å². The number of aromatic nitrogens is 1. The average molecular weight is 526 g/mol. The monoisotopic (exact) mass is 525 g/mol. The fourth-order valence-electron chi connectivity index (χ4n) is 5.32. The van der Waals surface area contributed by atoms with Crippen LogP contribution in [0.5, 0.6) is 23.1 Å². The number of nitrogens with zero attached hydrogens (tertiary/aromatic N) is 3. The molecule has 1 aliphatic heterocycles. The fourth-order valence-corrected chi connectivity index (χ4v) is 5.32. The van der Waals surface area contributed by atoms with Crippen molar-refractivity contribution in [2.24, 2.45) is 0 Å². The van der Waals surface area contributed by atoms with E-state index in [1.165, 1.54) is 0 Å². The number of ether oxygens (including phenoxy) is 2. The van der Waals surface area contributed by atoms with Crippen molar-refractivity contribution >= 4 is 49.6 Å². The van der Waals surface area contributed by atoms with E-state index < -0.39 is 0 Å². The fraction of sp³-hybridized carbons (Fsp3) is 0.0606. The van der Waals surface area contributed by atoms with Crippen LogP contribution in [0.4, 0.5) is 5.69 Å². The summed E-state index contributed by atoms with van der Waals surface area (Å²) in [5.41, 5.74) is 3.97. The van der Waals surface area contributed by atoms with Gasteiger partial charge in [-0.05, 0) is 18.2 Å². The molecule has 0 spiro atoms. The lowest BCUT2D eigenvalue weighted by Gasteiger charge is -2.19. The van der Waals surface area contributed by atoms with Gasteiger partial charge in [-0.3, -0.25) is 0 Å². The molecule has 8 rings (SSSR count). The summed E-state index contributed by atoms with van der Waals surface area (Å²) in [6.45, 7) is 0.734. The zero-order valence-electron chi connectivity index (χ0n) is 21.6. The summed E-state index contributed by atoms with van der Waals surface area (Å²) < 4.78 is 25.5. The van der Waals surface area contributed by atoms with Crippen LogP contribution in [0.2, 0.25) is 0 Å². The summed E-state index contributed by atoms with van der Waals surface area (Å²) in [5, 5.41) is 3.73. The molecule has 0 fully saturated rings. The summed E-state index contributed by atoms with van der Waals surface area (Å²) in [6.07, 6.45) is 5.80. The molecule has 7 nitrogen and oxygen atoms in total. The van der Waals surface area contributed by atoms with Crippen LogP contribution in [-0.4, -0.2) is 23.6 Å². The zero-order valence-corrected chi connectivity index (χ0v) is 21.6. The van der Waals surface area contributed by atoms with Crippen LogP contribution in [0, 0.1) is 0 Å². The lowest BCUT2D eigenvalue weighted by atomic mass is 10.1. The van der Waals surface area contributed by atoms with Crippen molar-refractivity contribution in [2.75, 3.05) is 18.6 Å². The van der Waals surface area contributed by atoms with Gasteiger partial charge in [0, 0.05) is 72.4 Å². The maximum Gasteiger partial charge on any atom is 0.219 e. The van der Waals surface area contributed by atoms with Crippen molar-refractivity contribution in [1.82, 2.24) is 9.88 Å². The van der Waals surface area contributed by atoms with E-state index >= 15 is 0 Å². The molecule has 0 N–H and O–H groups in total. The van der Waals surface area contributed by atoms with Crippen LogP contribution >= 0.6 is 0 Å². The Morgan fingerprint density at radius 3 is 2.02 bits per heavy atom. The summed E-state index contributed by atoms with van der Waals surface area (Å²) in [5.74, 6) is 2.35. The number of para-hydroxylation sites is 2. The first kappa shape index (κ1) is 22.5. The largest absolute Gasteiger partial charge is 0.456 e. The molecule has 194 valence electrons. The van der Waals surface area contributed by atoms with Crippen LogP contribution in [-0.2, 0) is 0 Å².